The molecule has 6 heteroatoms. The van der Waals surface area contributed by atoms with Crippen LogP contribution in [0.25, 0.3) is 0 Å². The summed E-state index contributed by atoms with van der Waals surface area (Å²) in [7, 11) is -3.69. The summed E-state index contributed by atoms with van der Waals surface area (Å²) in [5, 5.41) is 9.91. The molecular weight excluding hydrogens is 286 g/mol. The maximum absolute atomic E-state index is 12.1. The molecule has 0 saturated heterocycles. The summed E-state index contributed by atoms with van der Waals surface area (Å²) in [4.78, 5) is 0.0471. The Hall–Kier alpha value is -0.620. The van der Waals surface area contributed by atoms with Crippen molar-refractivity contribution in [2.24, 2.45) is 5.92 Å². The van der Waals surface area contributed by atoms with Gasteiger partial charge in [-0.3, -0.25) is 0 Å². The fraction of sp³-hybridized carbons (Fsp3) is 0.538. The SMILES string of the molecule is Cc1cccc(S(=O)(=O)NCC(O)CC(C)C)c1Cl. The first-order valence-electron chi connectivity index (χ1n) is 6.17. The van der Waals surface area contributed by atoms with Gasteiger partial charge in [-0.2, -0.15) is 0 Å². The topological polar surface area (TPSA) is 66.4 Å². The van der Waals surface area contributed by atoms with Crippen LogP contribution in [0.3, 0.4) is 0 Å². The molecule has 1 aromatic rings. The summed E-state index contributed by atoms with van der Waals surface area (Å²) < 4.78 is 26.6. The molecule has 0 radical (unpaired) electrons. The highest BCUT2D eigenvalue weighted by Gasteiger charge is 2.20. The molecule has 1 atom stereocenters. The standard InChI is InChI=1S/C13H20ClNO3S/c1-9(2)7-11(16)8-15-19(17,18)12-6-4-5-10(3)13(12)14/h4-6,9,11,15-16H,7-8H2,1-3H3. The lowest BCUT2D eigenvalue weighted by atomic mass is 10.1. The lowest BCUT2D eigenvalue weighted by molar-refractivity contribution is 0.152. The minimum Gasteiger partial charge on any atom is -0.392 e. The highest BCUT2D eigenvalue weighted by atomic mass is 35.5. The van der Waals surface area contributed by atoms with Crippen molar-refractivity contribution in [1.29, 1.82) is 0 Å². The van der Waals surface area contributed by atoms with Crippen LogP contribution >= 0.6 is 11.6 Å². The Morgan fingerprint density at radius 2 is 2.00 bits per heavy atom. The van der Waals surface area contributed by atoms with Crippen LogP contribution in [0.15, 0.2) is 23.1 Å². The van der Waals surface area contributed by atoms with Crippen LogP contribution in [-0.2, 0) is 10.0 Å². The number of benzene rings is 1. The Morgan fingerprint density at radius 3 is 2.58 bits per heavy atom. The number of aryl methyl sites for hydroxylation is 1. The molecular formula is C13H20ClNO3S. The van der Waals surface area contributed by atoms with Crippen molar-refractivity contribution in [1.82, 2.24) is 4.72 Å². The van der Waals surface area contributed by atoms with E-state index in [9.17, 15) is 13.5 Å². The molecule has 0 aromatic heterocycles. The van der Waals surface area contributed by atoms with Crippen molar-refractivity contribution >= 4 is 21.6 Å². The van der Waals surface area contributed by atoms with E-state index in [2.05, 4.69) is 4.72 Å². The first-order chi connectivity index (χ1) is 8.74. The smallest absolute Gasteiger partial charge is 0.242 e. The van der Waals surface area contributed by atoms with Crippen LogP contribution < -0.4 is 4.72 Å². The molecule has 2 N–H and O–H groups in total. The monoisotopic (exact) mass is 305 g/mol. The van der Waals surface area contributed by atoms with Crippen molar-refractivity contribution < 1.29 is 13.5 Å². The van der Waals surface area contributed by atoms with Gasteiger partial charge in [0.05, 0.1) is 11.1 Å². The van der Waals surface area contributed by atoms with Crippen LogP contribution in [0.1, 0.15) is 25.8 Å². The molecule has 1 aromatic carbocycles. The van der Waals surface area contributed by atoms with Gasteiger partial charge in [-0.1, -0.05) is 37.6 Å². The molecule has 0 heterocycles. The van der Waals surface area contributed by atoms with Crippen LogP contribution in [0.2, 0.25) is 5.02 Å². The number of aliphatic hydroxyl groups excluding tert-OH is 1. The van der Waals surface area contributed by atoms with Crippen LogP contribution in [0.5, 0.6) is 0 Å². The quantitative estimate of drug-likeness (QED) is 0.847. The van der Waals surface area contributed by atoms with E-state index in [0.29, 0.717) is 17.9 Å². The zero-order valence-electron chi connectivity index (χ0n) is 11.4. The Balaban J connectivity index is 2.79. The van der Waals surface area contributed by atoms with Crippen molar-refractivity contribution in [2.75, 3.05) is 6.54 Å². The van der Waals surface area contributed by atoms with E-state index in [1.54, 1.807) is 19.1 Å². The van der Waals surface area contributed by atoms with Gasteiger partial charge in [-0.05, 0) is 30.9 Å². The summed E-state index contributed by atoms with van der Waals surface area (Å²) in [6.07, 6.45) is -0.150. The highest BCUT2D eigenvalue weighted by Crippen LogP contribution is 2.24. The molecule has 0 fully saturated rings. The van der Waals surface area contributed by atoms with Crippen LogP contribution in [-0.4, -0.2) is 26.2 Å². The van der Waals surface area contributed by atoms with Crippen molar-refractivity contribution in [3.8, 4) is 0 Å². The first-order valence-corrected chi connectivity index (χ1v) is 8.03. The molecule has 1 unspecified atom stereocenters. The minimum absolute atomic E-state index is 0.00914. The minimum atomic E-state index is -3.69. The summed E-state index contributed by atoms with van der Waals surface area (Å²) >= 11 is 6.00. The third-order valence-corrected chi connectivity index (χ3v) is 4.78. The molecule has 0 aliphatic heterocycles. The summed E-state index contributed by atoms with van der Waals surface area (Å²) in [5.41, 5.74) is 0.701. The van der Waals surface area contributed by atoms with E-state index in [4.69, 9.17) is 11.6 Å². The number of hydrogen-bond acceptors (Lipinski definition) is 3. The van der Waals surface area contributed by atoms with E-state index in [1.165, 1.54) is 6.07 Å². The van der Waals surface area contributed by atoms with Gasteiger partial charge < -0.3 is 5.11 Å². The van der Waals surface area contributed by atoms with Gasteiger partial charge in [0.1, 0.15) is 4.90 Å². The largest absolute Gasteiger partial charge is 0.392 e. The van der Waals surface area contributed by atoms with Crippen LogP contribution in [0.4, 0.5) is 0 Å². The Kier molecular flexibility index (Phi) is 5.80. The predicted octanol–water partition coefficient (Wildman–Crippen LogP) is 2.33. The molecule has 108 valence electrons. The zero-order chi connectivity index (χ0) is 14.6. The van der Waals surface area contributed by atoms with Gasteiger partial charge in [-0.25, -0.2) is 13.1 Å². The number of aliphatic hydroxyl groups is 1. The molecule has 0 aliphatic carbocycles. The van der Waals surface area contributed by atoms with Gasteiger partial charge in [0.2, 0.25) is 10.0 Å². The second kappa shape index (κ2) is 6.70. The first kappa shape index (κ1) is 16.4. The van der Waals surface area contributed by atoms with E-state index in [1.807, 2.05) is 13.8 Å². The van der Waals surface area contributed by atoms with Gasteiger partial charge >= 0.3 is 0 Å². The van der Waals surface area contributed by atoms with Crippen molar-refractivity contribution in [3.63, 3.8) is 0 Å². The summed E-state index contributed by atoms with van der Waals surface area (Å²) in [6.45, 7) is 5.67. The summed E-state index contributed by atoms with van der Waals surface area (Å²) in [6, 6.07) is 4.84. The summed E-state index contributed by atoms with van der Waals surface area (Å²) in [5.74, 6) is 0.307. The molecule has 0 spiro atoms. The van der Waals surface area contributed by atoms with Gasteiger partial charge in [-0.15, -0.1) is 0 Å². The highest BCUT2D eigenvalue weighted by molar-refractivity contribution is 7.89. The number of halogens is 1. The van der Waals surface area contributed by atoms with Crippen LogP contribution in [0, 0.1) is 12.8 Å². The molecule has 0 saturated carbocycles. The third kappa shape index (κ3) is 4.76. The van der Waals surface area contributed by atoms with Gasteiger partial charge in [0.25, 0.3) is 0 Å². The fourth-order valence-electron chi connectivity index (χ4n) is 1.74. The average molecular weight is 306 g/mol. The van der Waals surface area contributed by atoms with E-state index in [0.717, 1.165) is 0 Å². The normalized spacial score (nSPS) is 13.8. The number of hydrogen-bond donors (Lipinski definition) is 2. The second-order valence-corrected chi connectivity index (χ2v) is 7.14. The predicted molar refractivity (Wildman–Crippen MR) is 76.8 cm³/mol. The van der Waals surface area contributed by atoms with Gasteiger partial charge in [0.15, 0.2) is 0 Å². The van der Waals surface area contributed by atoms with E-state index < -0.39 is 16.1 Å². The molecule has 19 heavy (non-hydrogen) atoms. The molecule has 1 rings (SSSR count). The van der Waals surface area contributed by atoms with Crippen molar-refractivity contribution in [3.05, 3.63) is 28.8 Å². The second-order valence-electron chi connectivity index (χ2n) is 5.02. The lowest BCUT2D eigenvalue weighted by Crippen LogP contribution is -2.33. The Morgan fingerprint density at radius 1 is 1.37 bits per heavy atom. The Bertz CT molecular complexity index is 529. The Labute approximate surface area is 119 Å². The molecule has 0 amide bonds. The molecule has 0 aliphatic rings. The maximum Gasteiger partial charge on any atom is 0.242 e. The number of sulfonamides is 1. The maximum atomic E-state index is 12.1. The molecule has 0 bridgehead atoms. The number of rotatable bonds is 6. The molecule has 4 nitrogen and oxygen atoms in total. The average Bonchev–Trinajstić information content (AvgIpc) is 2.29. The number of nitrogens with one attached hydrogen (secondary N) is 1. The van der Waals surface area contributed by atoms with E-state index in [-0.39, 0.29) is 16.5 Å². The fourth-order valence-corrected chi connectivity index (χ4v) is 3.39. The lowest BCUT2D eigenvalue weighted by Gasteiger charge is -2.15. The van der Waals surface area contributed by atoms with E-state index >= 15 is 0 Å². The zero-order valence-corrected chi connectivity index (χ0v) is 12.9. The third-order valence-electron chi connectivity index (χ3n) is 2.70. The van der Waals surface area contributed by atoms with Gasteiger partial charge in [0, 0.05) is 6.54 Å². The van der Waals surface area contributed by atoms with Crippen molar-refractivity contribution in [2.45, 2.75) is 38.2 Å².